The van der Waals surface area contributed by atoms with Gasteiger partial charge in [-0.2, -0.15) is 0 Å². The van der Waals surface area contributed by atoms with Crippen molar-refractivity contribution in [1.29, 1.82) is 0 Å². The Hall–Kier alpha value is -1.10. The molecule has 22 heavy (non-hydrogen) atoms. The highest BCUT2D eigenvalue weighted by molar-refractivity contribution is 6.42. The summed E-state index contributed by atoms with van der Waals surface area (Å²) in [6, 6.07) is 5.24. The van der Waals surface area contributed by atoms with Crippen molar-refractivity contribution in [1.82, 2.24) is 5.32 Å². The van der Waals surface area contributed by atoms with E-state index in [-0.39, 0.29) is 29.6 Å². The van der Waals surface area contributed by atoms with E-state index in [1.807, 2.05) is 26.8 Å². The third-order valence-corrected chi connectivity index (χ3v) is 4.44. The average molecular weight is 344 g/mol. The number of amides is 2. The van der Waals surface area contributed by atoms with Gasteiger partial charge in [0.1, 0.15) is 0 Å². The van der Waals surface area contributed by atoms with E-state index in [1.165, 1.54) is 0 Å². The van der Waals surface area contributed by atoms with E-state index >= 15 is 0 Å². The van der Waals surface area contributed by atoms with Crippen LogP contribution in [-0.2, 0) is 14.3 Å². The Kier molecular flexibility index (Phi) is 5.48. The Labute approximate surface area is 140 Å². The highest BCUT2D eigenvalue weighted by atomic mass is 35.5. The summed E-state index contributed by atoms with van der Waals surface area (Å²) < 4.78 is 5.04. The van der Waals surface area contributed by atoms with Crippen molar-refractivity contribution >= 4 is 35.0 Å². The topological polar surface area (TPSA) is 55.4 Å². The van der Waals surface area contributed by atoms with Crippen molar-refractivity contribution < 1.29 is 14.3 Å². The van der Waals surface area contributed by atoms with Crippen molar-refractivity contribution in [3.05, 3.63) is 33.8 Å². The predicted molar refractivity (Wildman–Crippen MR) is 86.1 cm³/mol. The number of hydrogen-bond donors (Lipinski definition) is 1. The number of benzene rings is 1. The molecular weight excluding hydrogens is 325 g/mol. The van der Waals surface area contributed by atoms with Crippen molar-refractivity contribution in [3.63, 3.8) is 0 Å². The molecule has 2 aliphatic rings. The molecule has 1 aliphatic heterocycles. The van der Waals surface area contributed by atoms with E-state index in [9.17, 15) is 9.59 Å². The van der Waals surface area contributed by atoms with Crippen molar-refractivity contribution in [2.24, 2.45) is 11.8 Å². The number of ether oxygens (including phenoxy) is 1. The molecule has 0 bridgehead atoms. The lowest BCUT2D eigenvalue weighted by Crippen LogP contribution is -2.26. The summed E-state index contributed by atoms with van der Waals surface area (Å²) in [4.78, 5) is 22.7. The fourth-order valence-corrected chi connectivity index (χ4v) is 3.03. The summed E-state index contributed by atoms with van der Waals surface area (Å²) in [5, 5.41) is 3.24. The molecule has 0 aromatic heterocycles. The lowest BCUT2D eigenvalue weighted by atomic mass is 10.1. The Morgan fingerprint density at radius 1 is 1.09 bits per heavy atom. The maximum atomic E-state index is 11.4. The number of carbonyl (C=O) groups is 2. The summed E-state index contributed by atoms with van der Waals surface area (Å²) in [5.41, 5.74) is 0.910. The second-order valence-electron chi connectivity index (χ2n) is 5.61. The number of nitrogens with one attached hydrogen (secondary N) is 1. The van der Waals surface area contributed by atoms with Crippen LogP contribution in [0.3, 0.4) is 0 Å². The van der Waals surface area contributed by atoms with Gasteiger partial charge < -0.3 is 4.74 Å². The average Bonchev–Trinajstić information content (AvgIpc) is 3.11. The zero-order chi connectivity index (χ0) is 16.4. The lowest BCUT2D eigenvalue weighted by Gasteiger charge is -2.05. The lowest BCUT2D eigenvalue weighted by molar-refractivity contribution is -0.127. The molecule has 1 aliphatic carbocycles. The van der Waals surface area contributed by atoms with Gasteiger partial charge in [0.2, 0.25) is 11.8 Å². The first-order valence-electron chi connectivity index (χ1n) is 7.28. The van der Waals surface area contributed by atoms with Crippen molar-refractivity contribution in [3.8, 4) is 0 Å². The van der Waals surface area contributed by atoms with E-state index in [0.717, 1.165) is 12.2 Å². The summed E-state index contributed by atoms with van der Waals surface area (Å²) in [7, 11) is 0. The van der Waals surface area contributed by atoms with E-state index in [1.54, 1.807) is 12.1 Å². The van der Waals surface area contributed by atoms with Gasteiger partial charge >= 0.3 is 0 Å². The van der Waals surface area contributed by atoms with Gasteiger partial charge in [-0.15, -0.1) is 0 Å². The van der Waals surface area contributed by atoms with Crippen molar-refractivity contribution in [2.45, 2.75) is 32.8 Å². The summed E-state index contributed by atoms with van der Waals surface area (Å²) in [6.07, 6.45) is 0.398. The van der Waals surface area contributed by atoms with E-state index in [0.29, 0.717) is 16.1 Å². The molecular formula is C16H19Cl2NO3. The van der Waals surface area contributed by atoms with Gasteiger partial charge in [-0.05, 0) is 38.5 Å². The maximum absolute atomic E-state index is 11.4. The fourth-order valence-electron chi connectivity index (χ4n) is 2.72. The molecule has 3 rings (SSSR count). The number of fused-ring (bicyclic) bond motifs is 1. The molecule has 0 radical (unpaired) electrons. The highest BCUT2D eigenvalue weighted by Crippen LogP contribution is 2.57. The Bertz CT molecular complexity index is 569. The molecule has 2 atom stereocenters. The van der Waals surface area contributed by atoms with Crippen LogP contribution < -0.4 is 5.32 Å². The van der Waals surface area contributed by atoms with Crippen LogP contribution in [0.25, 0.3) is 0 Å². The van der Waals surface area contributed by atoms with Gasteiger partial charge in [0.25, 0.3) is 0 Å². The molecule has 2 unspecified atom stereocenters. The third-order valence-electron chi connectivity index (χ3n) is 3.70. The molecule has 6 heteroatoms. The minimum absolute atomic E-state index is 0.0176. The number of imide groups is 1. The quantitative estimate of drug-likeness (QED) is 0.855. The first-order chi connectivity index (χ1) is 10.4. The molecule has 0 spiro atoms. The van der Waals surface area contributed by atoms with Crippen LogP contribution in [0.5, 0.6) is 0 Å². The monoisotopic (exact) mass is 343 g/mol. The van der Waals surface area contributed by atoms with Crippen molar-refractivity contribution in [2.75, 3.05) is 6.61 Å². The Morgan fingerprint density at radius 3 is 2.09 bits per heavy atom. The van der Waals surface area contributed by atoms with E-state index < -0.39 is 0 Å². The standard InChI is InChI=1S/C11H7Cl2NO2.C5H12O/c12-5-2-1-4(3-6(5)13)7-8-9(7)11(16)14-10(8)15;1-4-6-5(2)3/h1-3,7-9H,(H,14,15,16);5H,4H2,1-3H3. The van der Waals surface area contributed by atoms with Crippen LogP contribution >= 0.6 is 23.2 Å². The highest BCUT2D eigenvalue weighted by Gasteiger charge is 2.64. The van der Waals surface area contributed by atoms with Crippen LogP contribution in [0.1, 0.15) is 32.3 Å². The smallest absolute Gasteiger partial charge is 0.231 e. The van der Waals surface area contributed by atoms with E-state index in [4.69, 9.17) is 27.9 Å². The number of hydrogen-bond acceptors (Lipinski definition) is 3. The van der Waals surface area contributed by atoms with Crippen LogP contribution in [0.15, 0.2) is 18.2 Å². The molecule has 4 nitrogen and oxygen atoms in total. The van der Waals surface area contributed by atoms with Gasteiger partial charge in [-0.25, -0.2) is 0 Å². The minimum atomic E-state index is -0.204. The fraction of sp³-hybridized carbons (Fsp3) is 0.500. The molecule has 1 saturated heterocycles. The minimum Gasteiger partial charge on any atom is -0.379 e. The second-order valence-corrected chi connectivity index (χ2v) is 6.42. The zero-order valence-electron chi connectivity index (χ0n) is 12.7. The van der Waals surface area contributed by atoms with E-state index in [2.05, 4.69) is 5.32 Å². The largest absolute Gasteiger partial charge is 0.379 e. The van der Waals surface area contributed by atoms with Gasteiger partial charge in [-0.3, -0.25) is 14.9 Å². The van der Waals surface area contributed by atoms with Crippen LogP contribution in [0.4, 0.5) is 0 Å². The first kappa shape index (κ1) is 17.3. The molecule has 1 heterocycles. The maximum Gasteiger partial charge on any atom is 0.231 e. The summed E-state index contributed by atoms with van der Waals surface area (Å²) in [6.45, 7) is 6.89. The number of piperidine rings is 1. The number of rotatable bonds is 3. The van der Waals surface area contributed by atoms with Crippen LogP contribution in [0.2, 0.25) is 10.0 Å². The Morgan fingerprint density at radius 2 is 1.68 bits per heavy atom. The summed E-state index contributed by atoms with van der Waals surface area (Å²) >= 11 is 11.7. The zero-order valence-corrected chi connectivity index (χ0v) is 14.2. The second kappa shape index (κ2) is 6.99. The normalized spacial score (nSPS) is 25.5. The molecule has 2 fully saturated rings. The number of carbonyl (C=O) groups excluding carboxylic acids is 2. The SMILES string of the molecule is CCOC(C)C.O=C1NC(=O)C2C1C2c1ccc(Cl)c(Cl)c1. The molecule has 1 N–H and O–H groups in total. The van der Waals surface area contributed by atoms with Gasteiger partial charge in [0.05, 0.1) is 28.0 Å². The molecule has 120 valence electrons. The molecule has 1 aromatic rings. The van der Waals surface area contributed by atoms with Crippen LogP contribution in [-0.4, -0.2) is 24.5 Å². The first-order valence-corrected chi connectivity index (χ1v) is 8.03. The van der Waals surface area contributed by atoms with Gasteiger partial charge in [0.15, 0.2) is 0 Å². The Balaban J connectivity index is 0.000000254. The van der Waals surface area contributed by atoms with Gasteiger partial charge in [-0.1, -0.05) is 29.3 Å². The number of halogens is 2. The van der Waals surface area contributed by atoms with Crippen LogP contribution in [0, 0.1) is 11.8 Å². The predicted octanol–water partition coefficient (Wildman–Crippen LogP) is 3.41. The third kappa shape index (κ3) is 3.62. The summed E-state index contributed by atoms with van der Waals surface area (Å²) in [5.74, 6) is -0.775. The molecule has 1 saturated carbocycles. The molecule has 1 aromatic carbocycles. The molecule has 2 amide bonds. The van der Waals surface area contributed by atoms with Gasteiger partial charge in [0, 0.05) is 12.5 Å².